The summed E-state index contributed by atoms with van der Waals surface area (Å²) in [6.07, 6.45) is 1.94. The van der Waals surface area contributed by atoms with E-state index in [0.29, 0.717) is 31.8 Å². The molecular weight excluding hydrogens is 464 g/mol. The van der Waals surface area contributed by atoms with Gasteiger partial charge in [0.1, 0.15) is 11.6 Å². The van der Waals surface area contributed by atoms with Crippen LogP contribution in [0.2, 0.25) is 0 Å². The number of amides is 1. The third kappa shape index (κ3) is 5.64. The summed E-state index contributed by atoms with van der Waals surface area (Å²) in [5.74, 6) is 0.208. The molecule has 0 bridgehead atoms. The van der Waals surface area contributed by atoms with Gasteiger partial charge in [0.25, 0.3) is 11.5 Å². The molecule has 0 unspecified atom stereocenters. The highest BCUT2D eigenvalue weighted by Gasteiger charge is 2.26. The smallest absolute Gasteiger partial charge is 0.330 e. The number of carbonyl (C=O) groups is 1. The van der Waals surface area contributed by atoms with Crippen LogP contribution in [0.1, 0.15) is 22.3 Å². The third-order valence-corrected chi connectivity index (χ3v) is 5.97. The van der Waals surface area contributed by atoms with Gasteiger partial charge >= 0.3 is 5.69 Å². The Bertz CT molecular complexity index is 1280. The number of carbonyl (C=O) groups excluding carboxylic acids is 1. The zero-order valence-corrected chi connectivity index (χ0v) is 20.2. The highest BCUT2D eigenvalue weighted by atomic mass is 16.5. The minimum atomic E-state index is -0.731. The number of nitrogen functional groups attached to an aromatic ring is 1. The third-order valence-electron chi connectivity index (χ3n) is 5.97. The summed E-state index contributed by atoms with van der Waals surface area (Å²) in [6, 6.07) is 12.7. The van der Waals surface area contributed by atoms with E-state index in [1.807, 2.05) is 30.3 Å². The van der Waals surface area contributed by atoms with Crippen LogP contribution in [0.15, 0.2) is 58.3 Å². The Balaban J connectivity index is 1.68. The summed E-state index contributed by atoms with van der Waals surface area (Å²) >= 11 is 0. The van der Waals surface area contributed by atoms with Crippen LogP contribution in [-0.4, -0.2) is 67.0 Å². The Kier molecular flexibility index (Phi) is 8.13. The van der Waals surface area contributed by atoms with Gasteiger partial charge in [-0.3, -0.25) is 19.1 Å². The lowest BCUT2D eigenvalue weighted by molar-refractivity contribution is 0.0982. The summed E-state index contributed by atoms with van der Waals surface area (Å²) in [6.45, 7) is 3.36. The predicted octanol–water partition coefficient (Wildman–Crippen LogP) is 1.08. The Morgan fingerprint density at radius 1 is 1.17 bits per heavy atom. The minimum Gasteiger partial charge on any atom is -0.385 e. The van der Waals surface area contributed by atoms with Crippen LogP contribution in [0.25, 0.3) is 0 Å². The van der Waals surface area contributed by atoms with Crippen LogP contribution < -0.4 is 26.8 Å². The fourth-order valence-corrected chi connectivity index (χ4v) is 4.09. The molecule has 0 atom stereocenters. The number of H-pyrrole nitrogens is 1. The second-order valence-corrected chi connectivity index (χ2v) is 8.37. The molecule has 4 rings (SSSR count). The number of aromatic nitrogens is 3. The van der Waals surface area contributed by atoms with Crippen molar-refractivity contribution in [3.8, 4) is 0 Å². The van der Waals surface area contributed by atoms with Crippen LogP contribution in [0.3, 0.4) is 0 Å². The molecule has 0 spiro atoms. The second-order valence-electron chi connectivity index (χ2n) is 8.37. The molecular formula is C25H30N6O5. The topological polar surface area (TPSA) is 136 Å². The Morgan fingerprint density at radius 2 is 1.92 bits per heavy atom. The number of anilines is 3. The van der Waals surface area contributed by atoms with E-state index in [0.717, 1.165) is 24.5 Å². The molecule has 1 aliphatic rings. The number of aromatic amines is 1. The lowest BCUT2D eigenvalue weighted by atomic mass is 10.2. The van der Waals surface area contributed by atoms with Crippen molar-refractivity contribution < 1.29 is 14.3 Å². The number of nitrogens with zero attached hydrogens (tertiary/aromatic N) is 4. The Hall–Kier alpha value is -3.96. The molecule has 3 N–H and O–H groups in total. The van der Waals surface area contributed by atoms with E-state index in [1.165, 1.54) is 15.7 Å². The van der Waals surface area contributed by atoms with Crippen LogP contribution in [0.5, 0.6) is 0 Å². The first-order valence-corrected chi connectivity index (χ1v) is 11.8. The summed E-state index contributed by atoms with van der Waals surface area (Å²) in [7, 11) is 1.56. The number of morpholine rings is 1. The molecule has 1 aromatic carbocycles. The molecule has 1 amide bonds. The number of benzene rings is 1. The molecule has 11 heteroatoms. The monoisotopic (exact) mass is 494 g/mol. The van der Waals surface area contributed by atoms with E-state index < -0.39 is 17.2 Å². The standard InChI is InChI=1S/C25H30N6O5/c1-35-13-5-10-30(24(33)19-8-9-20(27-16-19)29-11-14-36-15-12-29)21-22(26)31(25(34)28-23(21)32)17-18-6-3-2-4-7-18/h2-4,6-9,16H,5,10-15,17,26H2,1H3,(H,28,32,34). The lowest BCUT2D eigenvalue weighted by Crippen LogP contribution is -2.42. The molecule has 2 aromatic heterocycles. The fraction of sp³-hybridized carbons (Fsp3) is 0.360. The molecule has 1 fully saturated rings. The Labute approximate surface area is 208 Å². The van der Waals surface area contributed by atoms with Crippen LogP contribution in [-0.2, 0) is 16.0 Å². The zero-order chi connectivity index (χ0) is 25.5. The summed E-state index contributed by atoms with van der Waals surface area (Å²) < 4.78 is 11.8. The lowest BCUT2D eigenvalue weighted by Gasteiger charge is -2.28. The van der Waals surface area contributed by atoms with Crippen molar-refractivity contribution in [3.63, 3.8) is 0 Å². The van der Waals surface area contributed by atoms with Crippen molar-refractivity contribution in [2.75, 3.05) is 62.1 Å². The van der Waals surface area contributed by atoms with E-state index in [-0.39, 0.29) is 24.6 Å². The van der Waals surface area contributed by atoms with Gasteiger partial charge in [0.15, 0.2) is 5.69 Å². The first kappa shape index (κ1) is 25.1. The quantitative estimate of drug-likeness (QED) is 0.422. The predicted molar refractivity (Wildman–Crippen MR) is 137 cm³/mol. The maximum atomic E-state index is 13.6. The van der Waals surface area contributed by atoms with Gasteiger partial charge in [-0.25, -0.2) is 9.78 Å². The molecule has 1 aliphatic heterocycles. The second kappa shape index (κ2) is 11.6. The number of rotatable bonds is 9. The van der Waals surface area contributed by atoms with Gasteiger partial charge in [-0.05, 0) is 24.1 Å². The molecule has 1 saturated heterocycles. The van der Waals surface area contributed by atoms with Gasteiger partial charge in [0.05, 0.1) is 25.3 Å². The molecule has 3 heterocycles. The summed E-state index contributed by atoms with van der Waals surface area (Å²) in [5.41, 5.74) is 6.02. The van der Waals surface area contributed by atoms with Crippen molar-refractivity contribution in [3.05, 3.63) is 80.6 Å². The van der Waals surface area contributed by atoms with Gasteiger partial charge in [0.2, 0.25) is 0 Å². The first-order valence-electron chi connectivity index (χ1n) is 11.8. The number of nitrogens with one attached hydrogen (secondary N) is 1. The summed E-state index contributed by atoms with van der Waals surface area (Å²) in [5, 5.41) is 0. The van der Waals surface area contributed by atoms with Crippen molar-refractivity contribution in [1.29, 1.82) is 0 Å². The number of hydrogen-bond acceptors (Lipinski definition) is 8. The highest BCUT2D eigenvalue weighted by Crippen LogP contribution is 2.22. The van der Waals surface area contributed by atoms with Crippen LogP contribution >= 0.6 is 0 Å². The average Bonchev–Trinajstić information content (AvgIpc) is 2.91. The maximum absolute atomic E-state index is 13.6. The van der Waals surface area contributed by atoms with Crippen molar-refractivity contribution in [2.24, 2.45) is 0 Å². The number of methoxy groups -OCH3 is 1. The number of nitrogens with two attached hydrogens (primary N) is 1. The molecule has 11 nitrogen and oxygen atoms in total. The van der Waals surface area contributed by atoms with Crippen LogP contribution in [0, 0.1) is 0 Å². The van der Waals surface area contributed by atoms with Crippen molar-refractivity contribution >= 4 is 23.2 Å². The van der Waals surface area contributed by atoms with Gasteiger partial charge in [0, 0.05) is 39.5 Å². The largest absolute Gasteiger partial charge is 0.385 e. The summed E-state index contributed by atoms with van der Waals surface area (Å²) in [4.78, 5) is 49.3. The molecule has 3 aromatic rings. The fourth-order valence-electron chi connectivity index (χ4n) is 4.09. The molecule has 0 saturated carbocycles. The molecule has 190 valence electrons. The van der Waals surface area contributed by atoms with Gasteiger partial charge in [-0.2, -0.15) is 0 Å². The number of hydrogen-bond donors (Lipinski definition) is 2. The highest BCUT2D eigenvalue weighted by molar-refractivity contribution is 6.07. The first-order chi connectivity index (χ1) is 17.5. The minimum absolute atomic E-state index is 0.0797. The van der Waals surface area contributed by atoms with E-state index in [1.54, 1.807) is 19.2 Å². The molecule has 0 radical (unpaired) electrons. The SMILES string of the molecule is COCCCN(C(=O)c1ccc(N2CCOCC2)nc1)c1c(N)n(Cc2ccccc2)c(=O)[nH]c1=O. The number of ether oxygens (including phenoxy) is 2. The van der Waals surface area contributed by atoms with E-state index in [2.05, 4.69) is 14.9 Å². The molecule has 36 heavy (non-hydrogen) atoms. The van der Waals surface area contributed by atoms with Crippen LogP contribution in [0.4, 0.5) is 17.3 Å². The number of pyridine rings is 1. The van der Waals surface area contributed by atoms with Crippen molar-refractivity contribution in [1.82, 2.24) is 14.5 Å². The zero-order valence-electron chi connectivity index (χ0n) is 20.2. The van der Waals surface area contributed by atoms with Crippen molar-refractivity contribution in [2.45, 2.75) is 13.0 Å². The Morgan fingerprint density at radius 3 is 2.58 bits per heavy atom. The van der Waals surface area contributed by atoms with E-state index in [9.17, 15) is 14.4 Å². The maximum Gasteiger partial charge on any atom is 0.330 e. The van der Waals surface area contributed by atoms with Gasteiger partial charge in [-0.1, -0.05) is 30.3 Å². The van der Waals surface area contributed by atoms with Gasteiger partial charge < -0.3 is 25.0 Å². The van der Waals surface area contributed by atoms with E-state index >= 15 is 0 Å². The normalized spacial score (nSPS) is 13.5. The van der Waals surface area contributed by atoms with E-state index in [4.69, 9.17) is 15.2 Å². The van der Waals surface area contributed by atoms with Gasteiger partial charge in [-0.15, -0.1) is 0 Å². The average molecular weight is 495 g/mol. The molecule has 0 aliphatic carbocycles.